The van der Waals surface area contributed by atoms with Gasteiger partial charge in [-0.1, -0.05) is 12.2 Å². The molecule has 126 valence electrons. The number of Topliss-reactive ketones (excluding diaryl/α,β-unsaturated/α-hetero) is 2. The summed E-state index contributed by atoms with van der Waals surface area (Å²) in [7, 11) is 5.91. The monoisotopic (exact) mass is 330 g/mol. The molecule has 0 heterocycles. The molecule has 0 N–H and O–H groups in total. The molecule has 0 radical (unpaired) electrons. The number of allylic oxidation sites excluding steroid dienone is 5. The Labute approximate surface area is 140 Å². The van der Waals surface area contributed by atoms with Crippen molar-refractivity contribution in [2.45, 2.75) is 0 Å². The summed E-state index contributed by atoms with van der Waals surface area (Å²) in [6.07, 6.45) is 6.26. The van der Waals surface area contributed by atoms with E-state index in [1.54, 1.807) is 24.3 Å². The minimum absolute atomic E-state index is 0.0323. The van der Waals surface area contributed by atoms with E-state index in [2.05, 4.69) is 0 Å². The van der Waals surface area contributed by atoms with Crippen molar-refractivity contribution < 1.29 is 28.5 Å². The fourth-order valence-electron chi connectivity index (χ4n) is 2.24. The molecule has 0 amide bonds. The summed E-state index contributed by atoms with van der Waals surface area (Å²) in [5, 5.41) is 0. The minimum atomic E-state index is -0.662. The van der Waals surface area contributed by atoms with Crippen LogP contribution in [0.15, 0.2) is 41.7 Å². The number of ketones is 2. The lowest BCUT2D eigenvalue weighted by Crippen LogP contribution is -2.21. The van der Waals surface area contributed by atoms with Crippen LogP contribution in [-0.4, -0.2) is 40.0 Å². The normalized spacial score (nSPS) is 14.3. The fourth-order valence-corrected chi connectivity index (χ4v) is 2.24. The molecule has 0 atom stereocenters. The van der Waals surface area contributed by atoms with Crippen LogP contribution in [0.4, 0.5) is 0 Å². The van der Waals surface area contributed by atoms with Crippen molar-refractivity contribution in [2.24, 2.45) is 0 Å². The minimum Gasteiger partial charge on any atom is -0.493 e. The second-order valence-corrected chi connectivity index (χ2v) is 4.81. The predicted octanol–water partition coefficient (Wildman–Crippen LogP) is 2.33. The van der Waals surface area contributed by atoms with E-state index in [0.717, 1.165) is 5.56 Å². The Bertz CT molecular complexity index is 730. The molecular formula is C18H18O6. The molecule has 1 aromatic carbocycles. The highest BCUT2D eigenvalue weighted by atomic mass is 16.5. The highest BCUT2D eigenvalue weighted by Crippen LogP contribution is 2.38. The molecular weight excluding hydrogens is 312 g/mol. The van der Waals surface area contributed by atoms with Crippen molar-refractivity contribution >= 4 is 17.6 Å². The Balaban J connectivity index is 2.36. The van der Waals surface area contributed by atoms with E-state index in [1.165, 1.54) is 40.6 Å². The molecule has 0 saturated carbocycles. The summed E-state index contributed by atoms with van der Waals surface area (Å²) in [6.45, 7) is 0. The third kappa shape index (κ3) is 3.32. The van der Waals surface area contributed by atoms with Gasteiger partial charge in [0.2, 0.25) is 11.5 Å². The zero-order chi connectivity index (χ0) is 17.7. The number of ether oxygens (including phenoxy) is 4. The van der Waals surface area contributed by atoms with Gasteiger partial charge < -0.3 is 18.9 Å². The molecule has 24 heavy (non-hydrogen) atoms. The van der Waals surface area contributed by atoms with Crippen molar-refractivity contribution in [3.8, 4) is 17.2 Å². The van der Waals surface area contributed by atoms with Crippen LogP contribution in [0.25, 0.3) is 6.08 Å². The third-order valence-electron chi connectivity index (χ3n) is 3.47. The molecule has 0 aliphatic heterocycles. The second-order valence-electron chi connectivity index (χ2n) is 4.81. The van der Waals surface area contributed by atoms with Gasteiger partial charge in [0.15, 0.2) is 17.3 Å². The van der Waals surface area contributed by atoms with E-state index in [4.69, 9.17) is 18.9 Å². The highest BCUT2D eigenvalue weighted by Gasteiger charge is 2.25. The van der Waals surface area contributed by atoms with Crippen LogP contribution in [0.5, 0.6) is 17.2 Å². The molecule has 0 bridgehead atoms. The summed E-state index contributed by atoms with van der Waals surface area (Å²) >= 11 is 0. The van der Waals surface area contributed by atoms with Gasteiger partial charge in [0.05, 0.1) is 28.4 Å². The largest absolute Gasteiger partial charge is 0.493 e. The maximum Gasteiger partial charge on any atom is 0.267 e. The van der Waals surface area contributed by atoms with E-state index in [1.807, 2.05) is 0 Å². The van der Waals surface area contributed by atoms with Crippen LogP contribution in [0, 0.1) is 0 Å². The number of carbonyl (C=O) groups excluding carboxylic acids is 2. The molecule has 6 nitrogen and oxygen atoms in total. The van der Waals surface area contributed by atoms with Crippen LogP contribution < -0.4 is 14.2 Å². The van der Waals surface area contributed by atoms with E-state index >= 15 is 0 Å². The molecule has 0 unspecified atom stereocenters. The lowest BCUT2D eigenvalue weighted by atomic mass is 9.99. The lowest BCUT2D eigenvalue weighted by Gasteiger charge is -2.13. The van der Waals surface area contributed by atoms with Crippen molar-refractivity contribution in [3.05, 3.63) is 47.3 Å². The number of benzene rings is 1. The summed E-state index contributed by atoms with van der Waals surface area (Å²) in [5.41, 5.74) is 1.00. The molecule has 2 rings (SSSR count). The predicted molar refractivity (Wildman–Crippen MR) is 88.3 cm³/mol. The first-order valence-electron chi connectivity index (χ1n) is 7.08. The molecule has 1 aliphatic rings. The Kier molecular flexibility index (Phi) is 5.42. The molecule has 1 aliphatic carbocycles. The van der Waals surface area contributed by atoms with E-state index < -0.39 is 11.6 Å². The maximum absolute atomic E-state index is 12.0. The molecule has 0 spiro atoms. The Morgan fingerprint density at radius 3 is 1.88 bits per heavy atom. The number of methoxy groups -OCH3 is 4. The molecule has 0 fully saturated rings. The van der Waals surface area contributed by atoms with Crippen molar-refractivity contribution in [2.75, 3.05) is 28.4 Å². The van der Waals surface area contributed by atoms with E-state index in [9.17, 15) is 9.59 Å². The van der Waals surface area contributed by atoms with Gasteiger partial charge in [0.1, 0.15) is 0 Å². The average molecular weight is 330 g/mol. The van der Waals surface area contributed by atoms with Crippen LogP contribution in [0.2, 0.25) is 0 Å². The zero-order valence-electron chi connectivity index (χ0n) is 13.9. The summed E-state index contributed by atoms with van der Waals surface area (Å²) in [5.74, 6) is 0.233. The first-order chi connectivity index (χ1) is 11.5. The van der Waals surface area contributed by atoms with Gasteiger partial charge in [-0.15, -0.1) is 0 Å². The summed E-state index contributed by atoms with van der Waals surface area (Å²) in [4.78, 5) is 23.8. The number of hydrogen-bond donors (Lipinski definition) is 0. The van der Waals surface area contributed by atoms with Crippen LogP contribution >= 0.6 is 0 Å². The number of hydrogen-bond acceptors (Lipinski definition) is 6. The van der Waals surface area contributed by atoms with Gasteiger partial charge in [-0.25, -0.2) is 0 Å². The molecule has 1 aromatic rings. The van der Waals surface area contributed by atoms with Gasteiger partial charge in [0, 0.05) is 5.57 Å². The number of carbonyl (C=O) groups is 2. The van der Waals surface area contributed by atoms with E-state index in [0.29, 0.717) is 17.2 Å². The van der Waals surface area contributed by atoms with Gasteiger partial charge in [-0.3, -0.25) is 9.59 Å². The van der Waals surface area contributed by atoms with Gasteiger partial charge in [0.25, 0.3) is 5.78 Å². The lowest BCUT2D eigenvalue weighted by molar-refractivity contribution is -0.133. The maximum atomic E-state index is 12.0. The van der Waals surface area contributed by atoms with E-state index in [-0.39, 0.29) is 11.3 Å². The first kappa shape index (κ1) is 17.3. The molecule has 0 saturated heterocycles. The van der Waals surface area contributed by atoms with Crippen LogP contribution in [0.1, 0.15) is 5.56 Å². The van der Waals surface area contributed by atoms with Crippen molar-refractivity contribution in [1.82, 2.24) is 0 Å². The molecule has 6 heteroatoms. The zero-order valence-corrected chi connectivity index (χ0v) is 13.9. The average Bonchev–Trinajstić information content (AvgIpc) is 2.61. The van der Waals surface area contributed by atoms with Crippen molar-refractivity contribution in [3.63, 3.8) is 0 Å². The van der Waals surface area contributed by atoms with Gasteiger partial charge in [-0.05, 0) is 29.8 Å². The van der Waals surface area contributed by atoms with Crippen LogP contribution in [-0.2, 0) is 14.3 Å². The number of rotatable bonds is 6. The van der Waals surface area contributed by atoms with Crippen LogP contribution in [0.3, 0.4) is 0 Å². The van der Waals surface area contributed by atoms with Gasteiger partial charge in [-0.2, -0.15) is 0 Å². The first-order valence-corrected chi connectivity index (χ1v) is 7.08. The van der Waals surface area contributed by atoms with Gasteiger partial charge >= 0.3 is 0 Å². The standard InChI is InChI=1S/C18H18O6/c1-21-13-8-7-12(16(19)17(13)20)6-5-11-9-14(22-2)18(24-4)15(10-11)23-3/h5-10H,1-4H3/b6-5+. The van der Waals surface area contributed by atoms with Crippen molar-refractivity contribution in [1.29, 1.82) is 0 Å². The highest BCUT2D eigenvalue weighted by molar-refractivity contribution is 6.50. The Morgan fingerprint density at radius 1 is 0.750 bits per heavy atom. The summed E-state index contributed by atoms with van der Waals surface area (Å²) < 4.78 is 20.7. The smallest absolute Gasteiger partial charge is 0.267 e. The Hall–Kier alpha value is -3.02. The fraction of sp³-hybridized carbons (Fsp3) is 0.222. The SMILES string of the molecule is COC1=CC=C(/C=C/c2cc(OC)c(OC)c(OC)c2)C(=O)C1=O. The topological polar surface area (TPSA) is 71.1 Å². The summed E-state index contributed by atoms with van der Waals surface area (Å²) in [6, 6.07) is 3.48. The third-order valence-corrected chi connectivity index (χ3v) is 3.47. The quantitative estimate of drug-likeness (QED) is 0.589. The Morgan fingerprint density at radius 2 is 1.38 bits per heavy atom. The second kappa shape index (κ2) is 7.50. The molecule has 0 aromatic heterocycles.